The molecule has 0 fully saturated rings. The van der Waals surface area contributed by atoms with Crippen LogP contribution in [0.1, 0.15) is 26.8 Å². The summed E-state index contributed by atoms with van der Waals surface area (Å²) < 4.78 is 43.7. The summed E-state index contributed by atoms with van der Waals surface area (Å²) in [5, 5.41) is 0.943. The third-order valence-electron chi connectivity index (χ3n) is 4.01. The van der Waals surface area contributed by atoms with E-state index in [1.807, 2.05) is 13.0 Å². The van der Waals surface area contributed by atoms with E-state index in [1.165, 1.54) is 23.5 Å². The molecular formula is C19H16F3NO2S. The second kappa shape index (κ2) is 7.45. The number of carbonyl (C=O) groups is 1. The molecule has 0 bridgehead atoms. The van der Waals surface area contributed by atoms with Crippen molar-refractivity contribution in [2.24, 2.45) is 0 Å². The number of nitrogens with zero attached hydrogens (tertiary/aromatic N) is 1. The van der Waals surface area contributed by atoms with Gasteiger partial charge in [0, 0.05) is 29.5 Å². The fourth-order valence-electron chi connectivity index (χ4n) is 2.62. The molecule has 136 valence electrons. The maximum Gasteiger partial charge on any atom is 0.416 e. The second-order valence-electron chi connectivity index (χ2n) is 5.86. The number of aryl methyl sites for hydroxylation is 3. The molecule has 1 aromatic carbocycles. The molecule has 0 spiro atoms. The number of furan rings is 1. The average molecular weight is 379 g/mol. The number of halogens is 3. The van der Waals surface area contributed by atoms with Crippen LogP contribution in [0.2, 0.25) is 0 Å². The van der Waals surface area contributed by atoms with Crippen LogP contribution in [-0.2, 0) is 30.2 Å². The maximum absolute atomic E-state index is 12.7. The van der Waals surface area contributed by atoms with Gasteiger partial charge < -0.3 is 9.21 Å². The molecule has 3 nitrogen and oxygen atoms in total. The van der Waals surface area contributed by atoms with E-state index in [0.29, 0.717) is 24.2 Å². The summed E-state index contributed by atoms with van der Waals surface area (Å²) in [6.45, 7) is 1.84. The minimum Gasteiger partial charge on any atom is -0.461 e. The number of hydrogen-bond donors (Lipinski definition) is 0. The van der Waals surface area contributed by atoms with Gasteiger partial charge in [-0.2, -0.15) is 13.2 Å². The summed E-state index contributed by atoms with van der Waals surface area (Å²) in [5.41, 5.74) is 0.918. The zero-order chi connectivity index (χ0) is 18.7. The predicted molar refractivity (Wildman–Crippen MR) is 93.2 cm³/mol. The van der Waals surface area contributed by atoms with Crippen molar-refractivity contribution < 1.29 is 22.4 Å². The lowest BCUT2D eigenvalue weighted by Gasteiger charge is -2.06. The third kappa shape index (κ3) is 4.22. The van der Waals surface area contributed by atoms with Gasteiger partial charge in [0.15, 0.2) is 0 Å². The summed E-state index contributed by atoms with van der Waals surface area (Å²) in [5.74, 6) is 1.29. The number of aldehydes is 1. The van der Waals surface area contributed by atoms with Gasteiger partial charge in [0.25, 0.3) is 0 Å². The van der Waals surface area contributed by atoms with Gasteiger partial charge in [-0.25, -0.2) is 4.98 Å². The van der Waals surface area contributed by atoms with Crippen molar-refractivity contribution in [1.82, 2.24) is 4.98 Å². The highest BCUT2D eigenvalue weighted by molar-refractivity contribution is 7.11. The summed E-state index contributed by atoms with van der Waals surface area (Å²) in [7, 11) is 0. The summed E-state index contributed by atoms with van der Waals surface area (Å²) in [6.07, 6.45) is 0.0259. The largest absolute Gasteiger partial charge is 0.461 e. The van der Waals surface area contributed by atoms with Gasteiger partial charge in [0.05, 0.1) is 10.6 Å². The molecule has 2 heterocycles. The van der Waals surface area contributed by atoms with Gasteiger partial charge in [-0.05, 0) is 37.1 Å². The van der Waals surface area contributed by atoms with Crippen LogP contribution in [0.5, 0.6) is 0 Å². The molecule has 0 atom stereocenters. The first-order chi connectivity index (χ1) is 12.4. The number of hydrogen-bond acceptors (Lipinski definition) is 4. The lowest BCUT2D eigenvalue weighted by Crippen LogP contribution is -2.03. The molecule has 3 rings (SSSR count). The van der Waals surface area contributed by atoms with Crippen molar-refractivity contribution in [2.45, 2.75) is 32.4 Å². The van der Waals surface area contributed by atoms with Crippen molar-refractivity contribution in [1.29, 1.82) is 0 Å². The summed E-state index contributed by atoms with van der Waals surface area (Å²) >= 11 is 1.51. The van der Waals surface area contributed by atoms with Crippen LogP contribution in [0.3, 0.4) is 0 Å². The number of benzene rings is 1. The van der Waals surface area contributed by atoms with Crippen LogP contribution in [0.4, 0.5) is 13.2 Å². The molecule has 0 aliphatic heterocycles. The minimum absolute atomic E-state index is 0.375. The Hall–Kier alpha value is -2.41. The van der Waals surface area contributed by atoms with Crippen molar-refractivity contribution in [2.75, 3.05) is 0 Å². The van der Waals surface area contributed by atoms with Gasteiger partial charge in [-0.3, -0.25) is 0 Å². The first-order valence-corrected chi connectivity index (χ1v) is 8.82. The van der Waals surface area contributed by atoms with Crippen molar-refractivity contribution in [3.8, 4) is 11.3 Å². The molecule has 26 heavy (non-hydrogen) atoms. The van der Waals surface area contributed by atoms with Gasteiger partial charge in [-0.1, -0.05) is 12.1 Å². The Labute approximate surface area is 152 Å². The second-order valence-corrected chi connectivity index (χ2v) is 7.06. The monoisotopic (exact) mass is 379 g/mol. The molecule has 2 aromatic heterocycles. The van der Waals surface area contributed by atoms with Crippen molar-refractivity contribution >= 4 is 17.6 Å². The number of carbonyl (C=O) groups excluding carboxylic acids is 1. The van der Waals surface area contributed by atoms with E-state index in [1.54, 1.807) is 6.20 Å². The van der Waals surface area contributed by atoms with E-state index in [0.717, 1.165) is 46.0 Å². The highest BCUT2D eigenvalue weighted by atomic mass is 32.1. The number of alkyl halides is 3. The quantitative estimate of drug-likeness (QED) is 0.549. The fraction of sp³-hybridized carbons (Fsp3) is 0.263. The molecule has 7 heteroatoms. The lowest BCUT2D eigenvalue weighted by atomic mass is 10.1. The van der Waals surface area contributed by atoms with Gasteiger partial charge in [0.1, 0.15) is 17.8 Å². The molecule has 3 aromatic rings. The Morgan fingerprint density at radius 1 is 1.19 bits per heavy atom. The number of aromatic nitrogens is 1. The van der Waals surface area contributed by atoms with Crippen LogP contribution >= 0.6 is 11.3 Å². The average Bonchev–Trinajstić information content (AvgIpc) is 3.19. The van der Waals surface area contributed by atoms with E-state index in [4.69, 9.17) is 4.42 Å². The highest BCUT2D eigenvalue weighted by Gasteiger charge is 2.30. The van der Waals surface area contributed by atoms with E-state index in [2.05, 4.69) is 4.98 Å². The standard InChI is InChI=1S/C19H16F3NO2S/c1-12-14(4-7-18-23-11-16(26-18)8-9-24)10-17(25-12)13-2-5-15(6-3-13)19(20,21)22/h2-3,5-6,9-11H,4,7-8H2,1H3. The highest BCUT2D eigenvalue weighted by Crippen LogP contribution is 2.32. The molecule has 0 amide bonds. The van der Waals surface area contributed by atoms with E-state index in [-0.39, 0.29) is 0 Å². The zero-order valence-corrected chi connectivity index (χ0v) is 14.8. The Balaban J connectivity index is 1.71. The first-order valence-electron chi connectivity index (χ1n) is 8.01. The Morgan fingerprint density at radius 2 is 1.92 bits per heavy atom. The van der Waals surface area contributed by atoms with E-state index in [9.17, 15) is 18.0 Å². The van der Waals surface area contributed by atoms with Crippen molar-refractivity contribution in [3.05, 3.63) is 63.3 Å². The lowest BCUT2D eigenvalue weighted by molar-refractivity contribution is -0.137. The fourth-order valence-corrected chi connectivity index (χ4v) is 3.48. The molecular weight excluding hydrogens is 363 g/mol. The normalized spacial score (nSPS) is 11.7. The smallest absolute Gasteiger partial charge is 0.416 e. The maximum atomic E-state index is 12.7. The molecule has 0 N–H and O–H groups in total. The van der Waals surface area contributed by atoms with E-state index < -0.39 is 11.7 Å². The molecule has 0 aliphatic carbocycles. The zero-order valence-electron chi connectivity index (χ0n) is 14.0. The number of thiazole rings is 1. The van der Waals surface area contributed by atoms with Crippen LogP contribution in [-0.4, -0.2) is 11.3 Å². The van der Waals surface area contributed by atoms with Gasteiger partial charge in [-0.15, -0.1) is 11.3 Å². The molecule has 0 saturated carbocycles. The molecule has 0 saturated heterocycles. The number of rotatable bonds is 6. The Bertz CT molecular complexity index is 894. The SMILES string of the molecule is Cc1oc(-c2ccc(C(F)(F)F)cc2)cc1CCc1ncc(CC=O)s1. The third-order valence-corrected chi connectivity index (χ3v) is 5.09. The summed E-state index contributed by atoms with van der Waals surface area (Å²) in [4.78, 5) is 15.8. The van der Waals surface area contributed by atoms with E-state index >= 15 is 0 Å². The van der Waals surface area contributed by atoms with Crippen LogP contribution in [0, 0.1) is 6.92 Å². The van der Waals surface area contributed by atoms with Crippen LogP contribution in [0.15, 0.2) is 40.9 Å². The topological polar surface area (TPSA) is 43.1 Å². The van der Waals surface area contributed by atoms with Crippen LogP contribution < -0.4 is 0 Å². The predicted octanol–water partition coefficient (Wildman–Crippen LogP) is 5.26. The van der Waals surface area contributed by atoms with Crippen molar-refractivity contribution in [3.63, 3.8) is 0 Å². The molecule has 0 unspecified atom stereocenters. The minimum atomic E-state index is -4.35. The molecule has 0 aliphatic rings. The van der Waals surface area contributed by atoms with Gasteiger partial charge >= 0.3 is 6.18 Å². The Morgan fingerprint density at radius 3 is 2.58 bits per heavy atom. The summed E-state index contributed by atoms with van der Waals surface area (Å²) in [6, 6.07) is 6.79. The molecule has 0 radical (unpaired) electrons. The van der Waals surface area contributed by atoms with Crippen LogP contribution in [0.25, 0.3) is 11.3 Å². The Kier molecular flexibility index (Phi) is 5.27. The van der Waals surface area contributed by atoms with Gasteiger partial charge in [0.2, 0.25) is 0 Å². The first kappa shape index (κ1) is 18.4.